The van der Waals surface area contributed by atoms with Crippen molar-refractivity contribution < 1.29 is 4.79 Å². The summed E-state index contributed by atoms with van der Waals surface area (Å²) in [5.41, 5.74) is 5.83. The van der Waals surface area contributed by atoms with Crippen LogP contribution in [0.4, 0.5) is 0 Å². The number of hydrogen-bond donors (Lipinski definition) is 1. The third-order valence-electron chi connectivity index (χ3n) is 2.30. The number of hydrogen-bond acceptors (Lipinski definition) is 2. The van der Waals surface area contributed by atoms with Gasteiger partial charge in [-0.15, -0.1) is 0 Å². The second-order valence-corrected chi connectivity index (χ2v) is 4.10. The van der Waals surface area contributed by atoms with Crippen molar-refractivity contribution in [3.63, 3.8) is 0 Å². The maximum atomic E-state index is 11.9. The lowest BCUT2D eigenvalue weighted by molar-refractivity contribution is -0.133. The Morgan fingerprint density at radius 1 is 1.21 bits per heavy atom. The minimum Gasteiger partial charge on any atom is -0.341 e. The van der Waals surface area contributed by atoms with Gasteiger partial charge in [0.1, 0.15) is 0 Å². The van der Waals surface area contributed by atoms with E-state index in [1.807, 2.05) is 18.7 Å². The van der Waals surface area contributed by atoms with Gasteiger partial charge in [-0.1, -0.05) is 27.7 Å². The first kappa shape index (κ1) is 13.4. The Kier molecular flexibility index (Phi) is 6.54. The van der Waals surface area contributed by atoms with Gasteiger partial charge in [-0.2, -0.15) is 0 Å². The largest absolute Gasteiger partial charge is 0.341 e. The smallest absolute Gasteiger partial charge is 0.239 e. The van der Waals surface area contributed by atoms with Gasteiger partial charge in [-0.05, 0) is 18.8 Å². The molecule has 0 saturated heterocycles. The van der Waals surface area contributed by atoms with Gasteiger partial charge >= 0.3 is 0 Å². The fourth-order valence-electron chi connectivity index (χ4n) is 1.37. The third-order valence-corrected chi connectivity index (χ3v) is 2.30. The SMILES string of the molecule is CCCN(CCC)C(=O)[C@@H](N)C(C)C. The molecule has 84 valence electrons. The van der Waals surface area contributed by atoms with Gasteiger partial charge in [0, 0.05) is 13.1 Å². The standard InChI is InChI=1S/C11H24N2O/c1-5-7-13(8-6-2)11(14)10(12)9(3)4/h9-10H,5-8,12H2,1-4H3/t10-/m0/s1. The van der Waals surface area contributed by atoms with E-state index in [0.717, 1.165) is 25.9 Å². The van der Waals surface area contributed by atoms with Crippen LogP contribution in [-0.4, -0.2) is 29.9 Å². The highest BCUT2D eigenvalue weighted by atomic mass is 16.2. The van der Waals surface area contributed by atoms with Crippen molar-refractivity contribution >= 4 is 5.91 Å². The Hall–Kier alpha value is -0.570. The summed E-state index contributed by atoms with van der Waals surface area (Å²) in [5.74, 6) is 0.322. The Bertz CT molecular complexity index is 163. The molecule has 0 aliphatic rings. The number of nitrogens with zero attached hydrogens (tertiary/aromatic N) is 1. The van der Waals surface area contributed by atoms with Crippen molar-refractivity contribution in [2.45, 2.75) is 46.6 Å². The predicted octanol–water partition coefficient (Wildman–Crippen LogP) is 1.62. The van der Waals surface area contributed by atoms with Crippen LogP contribution in [0.15, 0.2) is 0 Å². The van der Waals surface area contributed by atoms with E-state index < -0.39 is 0 Å². The molecule has 0 bridgehead atoms. The second-order valence-electron chi connectivity index (χ2n) is 4.10. The average Bonchev–Trinajstić information content (AvgIpc) is 2.15. The molecule has 0 rings (SSSR count). The third kappa shape index (κ3) is 4.09. The molecule has 0 aromatic heterocycles. The summed E-state index contributed by atoms with van der Waals surface area (Å²) in [6.07, 6.45) is 1.99. The van der Waals surface area contributed by atoms with Crippen LogP contribution in [0.25, 0.3) is 0 Å². The maximum Gasteiger partial charge on any atom is 0.239 e. The Labute approximate surface area is 87.6 Å². The highest BCUT2D eigenvalue weighted by Gasteiger charge is 2.22. The van der Waals surface area contributed by atoms with Crippen molar-refractivity contribution in [2.75, 3.05) is 13.1 Å². The van der Waals surface area contributed by atoms with Crippen LogP contribution in [0.5, 0.6) is 0 Å². The van der Waals surface area contributed by atoms with Crippen LogP contribution in [-0.2, 0) is 4.79 Å². The molecule has 14 heavy (non-hydrogen) atoms. The molecule has 0 aliphatic heterocycles. The predicted molar refractivity (Wildman–Crippen MR) is 60.0 cm³/mol. The van der Waals surface area contributed by atoms with Gasteiger partial charge in [0.15, 0.2) is 0 Å². The monoisotopic (exact) mass is 200 g/mol. The van der Waals surface area contributed by atoms with Crippen LogP contribution in [0, 0.1) is 5.92 Å². The van der Waals surface area contributed by atoms with Crippen molar-refractivity contribution in [3.8, 4) is 0 Å². The summed E-state index contributed by atoms with van der Waals surface area (Å²) in [4.78, 5) is 13.7. The van der Waals surface area contributed by atoms with E-state index in [9.17, 15) is 4.79 Å². The molecule has 3 heteroatoms. The van der Waals surface area contributed by atoms with Crippen LogP contribution in [0.2, 0.25) is 0 Å². The summed E-state index contributed by atoms with van der Waals surface area (Å²) >= 11 is 0. The summed E-state index contributed by atoms with van der Waals surface area (Å²) < 4.78 is 0. The van der Waals surface area contributed by atoms with Gasteiger partial charge in [-0.25, -0.2) is 0 Å². The zero-order chi connectivity index (χ0) is 11.1. The molecule has 0 unspecified atom stereocenters. The lowest BCUT2D eigenvalue weighted by Crippen LogP contribution is -2.47. The minimum atomic E-state index is -0.340. The van der Waals surface area contributed by atoms with Gasteiger partial charge in [0.05, 0.1) is 6.04 Å². The summed E-state index contributed by atoms with van der Waals surface area (Å²) in [6, 6.07) is -0.340. The highest BCUT2D eigenvalue weighted by molar-refractivity contribution is 5.81. The first-order valence-electron chi connectivity index (χ1n) is 5.58. The number of nitrogens with two attached hydrogens (primary N) is 1. The number of rotatable bonds is 6. The van der Waals surface area contributed by atoms with E-state index in [-0.39, 0.29) is 17.9 Å². The average molecular weight is 200 g/mol. The Balaban J connectivity index is 4.26. The zero-order valence-electron chi connectivity index (χ0n) is 9.92. The Morgan fingerprint density at radius 2 is 1.64 bits per heavy atom. The van der Waals surface area contributed by atoms with Gasteiger partial charge in [0.2, 0.25) is 5.91 Å². The fraction of sp³-hybridized carbons (Fsp3) is 0.909. The molecule has 0 radical (unpaired) electrons. The quantitative estimate of drug-likeness (QED) is 0.708. The second kappa shape index (κ2) is 6.82. The molecule has 3 nitrogen and oxygen atoms in total. The summed E-state index contributed by atoms with van der Waals surface area (Å²) in [6.45, 7) is 9.78. The summed E-state index contributed by atoms with van der Waals surface area (Å²) in [5, 5.41) is 0. The zero-order valence-corrected chi connectivity index (χ0v) is 9.92. The normalized spacial score (nSPS) is 13.0. The number of carbonyl (C=O) groups excluding carboxylic acids is 1. The van der Waals surface area contributed by atoms with Crippen LogP contribution in [0.3, 0.4) is 0 Å². The van der Waals surface area contributed by atoms with Crippen LogP contribution >= 0.6 is 0 Å². The van der Waals surface area contributed by atoms with Gasteiger partial charge in [0.25, 0.3) is 0 Å². The van der Waals surface area contributed by atoms with E-state index in [2.05, 4.69) is 13.8 Å². The van der Waals surface area contributed by atoms with Crippen LogP contribution < -0.4 is 5.73 Å². The van der Waals surface area contributed by atoms with Crippen LogP contribution in [0.1, 0.15) is 40.5 Å². The van der Waals surface area contributed by atoms with Crippen molar-refractivity contribution in [3.05, 3.63) is 0 Å². The molecule has 0 aromatic rings. The maximum absolute atomic E-state index is 11.9. The summed E-state index contributed by atoms with van der Waals surface area (Å²) in [7, 11) is 0. The molecule has 2 N–H and O–H groups in total. The first-order chi connectivity index (χ1) is 6.54. The van der Waals surface area contributed by atoms with Gasteiger partial charge in [-0.3, -0.25) is 4.79 Å². The topological polar surface area (TPSA) is 46.3 Å². The molecule has 1 atom stereocenters. The molecule has 0 saturated carbocycles. The molecular weight excluding hydrogens is 176 g/mol. The Morgan fingerprint density at radius 3 is 1.93 bits per heavy atom. The fourth-order valence-corrected chi connectivity index (χ4v) is 1.37. The molecule has 0 aliphatic carbocycles. The molecule has 0 fully saturated rings. The number of amides is 1. The van der Waals surface area contributed by atoms with Crippen molar-refractivity contribution in [1.82, 2.24) is 4.90 Å². The van der Waals surface area contributed by atoms with E-state index >= 15 is 0 Å². The molecular formula is C11H24N2O. The highest BCUT2D eigenvalue weighted by Crippen LogP contribution is 2.05. The number of carbonyl (C=O) groups is 1. The van der Waals surface area contributed by atoms with E-state index in [1.165, 1.54) is 0 Å². The van der Waals surface area contributed by atoms with E-state index in [4.69, 9.17) is 5.73 Å². The van der Waals surface area contributed by atoms with Crippen molar-refractivity contribution in [2.24, 2.45) is 11.7 Å². The molecule has 0 spiro atoms. The van der Waals surface area contributed by atoms with E-state index in [1.54, 1.807) is 0 Å². The minimum absolute atomic E-state index is 0.101. The lowest BCUT2D eigenvalue weighted by atomic mass is 10.0. The lowest BCUT2D eigenvalue weighted by Gasteiger charge is -2.26. The van der Waals surface area contributed by atoms with E-state index in [0.29, 0.717) is 0 Å². The van der Waals surface area contributed by atoms with Gasteiger partial charge < -0.3 is 10.6 Å². The molecule has 0 aromatic carbocycles. The molecule has 0 heterocycles. The van der Waals surface area contributed by atoms with Crippen molar-refractivity contribution in [1.29, 1.82) is 0 Å². The molecule has 1 amide bonds. The first-order valence-corrected chi connectivity index (χ1v) is 5.58.